The number of nitrogens with zero attached hydrogens (tertiary/aromatic N) is 1. The number of ether oxygens (including phenoxy) is 1. The number of hydrogen-bond acceptors (Lipinski definition) is 4. The summed E-state index contributed by atoms with van der Waals surface area (Å²) in [5.41, 5.74) is 1.36. The molecule has 0 aliphatic carbocycles. The van der Waals surface area contributed by atoms with Crippen molar-refractivity contribution in [1.29, 1.82) is 0 Å². The molecule has 2 heterocycles. The highest BCUT2D eigenvalue weighted by Crippen LogP contribution is 2.34. The summed E-state index contributed by atoms with van der Waals surface area (Å²) in [5, 5.41) is 4.98. The number of benzene rings is 1. The lowest BCUT2D eigenvalue weighted by Crippen LogP contribution is -2.33. The van der Waals surface area contributed by atoms with Crippen LogP contribution in [0.15, 0.2) is 35.3 Å². The molecule has 0 saturated carbocycles. The van der Waals surface area contributed by atoms with E-state index in [-0.39, 0.29) is 0 Å². The third kappa shape index (κ3) is 3.51. The summed E-state index contributed by atoms with van der Waals surface area (Å²) < 4.78 is 5.72. The molecular formula is C15H20N2OS. The number of rotatable bonds is 3. The highest BCUT2D eigenvalue weighted by atomic mass is 32.2. The van der Waals surface area contributed by atoms with Crippen molar-refractivity contribution in [2.75, 3.05) is 19.7 Å². The van der Waals surface area contributed by atoms with E-state index in [2.05, 4.69) is 40.6 Å². The van der Waals surface area contributed by atoms with Crippen LogP contribution in [0.2, 0.25) is 0 Å². The van der Waals surface area contributed by atoms with E-state index in [4.69, 9.17) is 4.74 Å². The van der Waals surface area contributed by atoms with E-state index in [1.165, 1.54) is 24.8 Å². The number of amidine groups is 1. The molecule has 0 spiro atoms. The maximum absolute atomic E-state index is 5.72. The molecular weight excluding hydrogens is 256 g/mol. The van der Waals surface area contributed by atoms with Crippen LogP contribution in [0.1, 0.15) is 30.1 Å². The summed E-state index contributed by atoms with van der Waals surface area (Å²) in [6, 6.07) is 10.6. The molecule has 1 saturated heterocycles. The van der Waals surface area contributed by atoms with Crippen molar-refractivity contribution < 1.29 is 4.74 Å². The van der Waals surface area contributed by atoms with Crippen molar-refractivity contribution in [3.8, 4) is 0 Å². The van der Waals surface area contributed by atoms with Gasteiger partial charge in [-0.3, -0.25) is 4.99 Å². The third-order valence-corrected chi connectivity index (χ3v) is 4.78. The van der Waals surface area contributed by atoms with Crippen LogP contribution >= 0.6 is 11.8 Å². The second kappa shape index (κ2) is 6.44. The van der Waals surface area contributed by atoms with Crippen molar-refractivity contribution in [2.45, 2.75) is 30.6 Å². The van der Waals surface area contributed by atoms with Crippen LogP contribution in [0, 0.1) is 0 Å². The first-order valence-electron chi connectivity index (χ1n) is 7.03. The first-order chi connectivity index (χ1) is 9.42. The fourth-order valence-electron chi connectivity index (χ4n) is 2.48. The fourth-order valence-corrected chi connectivity index (χ4v) is 3.51. The summed E-state index contributed by atoms with van der Waals surface area (Å²) in [6.07, 6.45) is 4.04. The largest absolute Gasteiger partial charge is 0.376 e. The number of nitrogens with one attached hydrogen (secondary N) is 1. The van der Waals surface area contributed by atoms with E-state index in [9.17, 15) is 0 Å². The van der Waals surface area contributed by atoms with Gasteiger partial charge in [-0.05, 0) is 24.8 Å². The van der Waals surface area contributed by atoms with Gasteiger partial charge in [0.1, 0.15) is 0 Å². The van der Waals surface area contributed by atoms with Gasteiger partial charge in [0.2, 0.25) is 0 Å². The van der Waals surface area contributed by atoms with E-state index in [0.717, 1.165) is 24.9 Å². The van der Waals surface area contributed by atoms with Crippen molar-refractivity contribution in [2.24, 2.45) is 4.99 Å². The molecule has 3 nitrogen and oxygen atoms in total. The van der Waals surface area contributed by atoms with Crippen LogP contribution in [-0.2, 0) is 4.74 Å². The van der Waals surface area contributed by atoms with E-state index in [1.807, 2.05) is 11.8 Å². The van der Waals surface area contributed by atoms with Gasteiger partial charge < -0.3 is 10.1 Å². The molecule has 0 aromatic heterocycles. The molecule has 1 aromatic rings. The summed E-state index contributed by atoms with van der Waals surface area (Å²) in [5.74, 6) is 0. The summed E-state index contributed by atoms with van der Waals surface area (Å²) in [7, 11) is 0. The van der Waals surface area contributed by atoms with Crippen molar-refractivity contribution in [3.05, 3.63) is 35.9 Å². The monoisotopic (exact) mass is 276 g/mol. The molecule has 19 heavy (non-hydrogen) atoms. The molecule has 3 rings (SSSR count). The van der Waals surface area contributed by atoms with Gasteiger partial charge in [0, 0.05) is 13.2 Å². The average Bonchev–Trinajstić information content (AvgIpc) is 2.96. The number of aliphatic imine (C=N–C) groups is 1. The van der Waals surface area contributed by atoms with Gasteiger partial charge in [0.25, 0.3) is 0 Å². The summed E-state index contributed by atoms with van der Waals surface area (Å²) in [6.45, 7) is 2.69. The minimum Gasteiger partial charge on any atom is -0.376 e. The second-order valence-corrected chi connectivity index (χ2v) is 6.22. The maximum Gasteiger partial charge on any atom is 0.157 e. The Bertz CT molecular complexity index is 429. The highest BCUT2D eigenvalue weighted by Gasteiger charge is 2.22. The number of thioether (sulfide) groups is 1. The normalized spacial score (nSPS) is 27.1. The van der Waals surface area contributed by atoms with Crippen LogP contribution in [0.5, 0.6) is 0 Å². The third-order valence-electron chi connectivity index (χ3n) is 3.58. The van der Waals surface area contributed by atoms with Gasteiger partial charge >= 0.3 is 0 Å². The Balaban J connectivity index is 1.46. The predicted octanol–water partition coefficient (Wildman–Crippen LogP) is 2.99. The van der Waals surface area contributed by atoms with Crippen LogP contribution in [0.3, 0.4) is 0 Å². The standard InChI is InChI=1S/C15H20N2OS/c1-2-6-12(7-3-1)14-11-17-15(19-14)16-10-13-8-4-5-9-18-13/h1-3,6-7,13-14H,4-5,8-11H2,(H,16,17). The first-order valence-corrected chi connectivity index (χ1v) is 7.91. The Morgan fingerprint density at radius 3 is 2.95 bits per heavy atom. The molecule has 1 fully saturated rings. The van der Waals surface area contributed by atoms with Gasteiger partial charge in [-0.15, -0.1) is 0 Å². The predicted molar refractivity (Wildman–Crippen MR) is 80.7 cm³/mol. The van der Waals surface area contributed by atoms with Gasteiger partial charge in [-0.25, -0.2) is 0 Å². The van der Waals surface area contributed by atoms with Crippen LogP contribution in [-0.4, -0.2) is 31.0 Å². The fraction of sp³-hybridized carbons (Fsp3) is 0.533. The SMILES string of the molecule is c1ccc(C2CN=C(NCC3CCCCO3)S2)cc1. The van der Waals surface area contributed by atoms with Gasteiger partial charge in [-0.2, -0.15) is 0 Å². The van der Waals surface area contributed by atoms with Gasteiger partial charge in [0.05, 0.1) is 17.9 Å². The maximum atomic E-state index is 5.72. The minimum absolute atomic E-state index is 0.368. The molecule has 2 aliphatic heterocycles. The molecule has 0 amide bonds. The molecule has 0 bridgehead atoms. The Labute approximate surface area is 118 Å². The van der Waals surface area contributed by atoms with Crippen LogP contribution in [0.25, 0.3) is 0 Å². The lowest BCUT2D eigenvalue weighted by atomic mass is 10.1. The molecule has 2 unspecified atom stereocenters. The molecule has 2 atom stereocenters. The molecule has 1 aromatic carbocycles. The lowest BCUT2D eigenvalue weighted by Gasteiger charge is -2.23. The lowest BCUT2D eigenvalue weighted by molar-refractivity contribution is 0.0197. The van der Waals surface area contributed by atoms with Crippen molar-refractivity contribution in [1.82, 2.24) is 5.32 Å². The average molecular weight is 276 g/mol. The van der Waals surface area contributed by atoms with E-state index in [0.29, 0.717) is 11.4 Å². The zero-order chi connectivity index (χ0) is 12.9. The Kier molecular flexibility index (Phi) is 4.41. The quantitative estimate of drug-likeness (QED) is 0.921. The van der Waals surface area contributed by atoms with Crippen LogP contribution in [0.4, 0.5) is 0 Å². The molecule has 1 N–H and O–H groups in total. The second-order valence-electron chi connectivity index (χ2n) is 5.03. The molecule has 4 heteroatoms. The smallest absolute Gasteiger partial charge is 0.157 e. The topological polar surface area (TPSA) is 33.6 Å². The number of hydrogen-bond donors (Lipinski definition) is 1. The Hall–Kier alpha value is -1.00. The zero-order valence-electron chi connectivity index (χ0n) is 11.0. The Morgan fingerprint density at radius 1 is 1.26 bits per heavy atom. The summed E-state index contributed by atoms with van der Waals surface area (Å²) in [4.78, 5) is 4.59. The van der Waals surface area contributed by atoms with E-state index in [1.54, 1.807) is 0 Å². The van der Waals surface area contributed by atoms with Crippen LogP contribution < -0.4 is 5.32 Å². The van der Waals surface area contributed by atoms with Crippen molar-refractivity contribution >= 4 is 16.9 Å². The highest BCUT2D eigenvalue weighted by molar-refractivity contribution is 8.14. The van der Waals surface area contributed by atoms with Crippen molar-refractivity contribution in [3.63, 3.8) is 0 Å². The summed E-state index contributed by atoms with van der Waals surface area (Å²) >= 11 is 1.84. The molecule has 2 aliphatic rings. The van der Waals surface area contributed by atoms with Gasteiger partial charge in [-0.1, -0.05) is 42.1 Å². The first kappa shape index (κ1) is 13.0. The van der Waals surface area contributed by atoms with E-state index >= 15 is 0 Å². The van der Waals surface area contributed by atoms with E-state index < -0.39 is 0 Å². The minimum atomic E-state index is 0.368. The zero-order valence-corrected chi connectivity index (χ0v) is 11.9. The van der Waals surface area contributed by atoms with Gasteiger partial charge in [0.15, 0.2) is 5.17 Å². The molecule has 0 radical (unpaired) electrons. The molecule has 102 valence electrons. The Morgan fingerprint density at radius 2 is 2.16 bits per heavy atom.